The molecule has 10 unspecified atom stereocenters. The highest BCUT2D eigenvalue weighted by Crippen LogP contribution is 2.29. The van der Waals surface area contributed by atoms with Crippen molar-refractivity contribution >= 4 is 5.78 Å². The molecule has 0 rings (SSSR count). The second kappa shape index (κ2) is 24.6. The van der Waals surface area contributed by atoms with Gasteiger partial charge in [-0.3, -0.25) is 4.79 Å². The maximum atomic E-state index is 13.7. The zero-order valence-corrected chi connectivity index (χ0v) is 31.9. The molecule has 10 atom stereocenters. The summed E-state index contributed by atoms with van der Waals surface area (Å²) < 4.78 is 0. The van der Waals surface area contributed by atoms with E-state index in [1.54, 1.807) is 0 Å². The second-order valence-electron chi connectivity index (χ2n) is 15.1. The van der Waals surface area contributed by atoms with E-state index in [0.717, 1.165) is 38.5 Å². The Labute approximate surface area is 275 Å². The third-order valence-electron chi connectivity index (χ3n) is 11.0. The first-order valence-corrected chi connectivity index (χ1v) is 18.3. The second-order valence-corrected chi connectivity index (χ2v) is 15.1. The van der Waals surface area contributed by atoms with Gasteiger partial charge >= 0.3 is 0 Å². The molecule has 0 aromatic rings. The topological polar surface area (TPSA) is 89.2 Å². The maximum absolute atomic E-state index is 13.7. The van der Waals surface area contributed by atoms with Crippen molar-refractivity contribution in [3.05, 3.63) is 0 Å². The Kier molecular flexibility index (Phi) is 24.3. The van der Waals surface area contributed by atoms with Crippen LogP contribution in [0.1, 0.15) is 120 Å². The fourth-order valence-corrected chi connectivity index (χ4v) is 7.09. The van der Waals surface area contributed by atoms with E-state index in [4.69, 9.17) is 0 Å². The lowest BCUT2D eigenvalue weighted by Gasteiger charge is -2.31. The predicted octanol–water partition coefficient (Wildman–Crippen LogP) is 5.84. The summed E-state index contributed by atoms with van der Waals surface area (Å²) in [5, 5.41) is 21.0. The van der Waals surface area contributed by atoms with Crippen LogP contribution in [0.2, 0.25) is 0 Å². The van der Waals surface area contributed by atoms with E-state index in [-0.39, 0.29) is 11.8 Å². The van der Waals surface area contributed by atoms with Crippen LogP contribution in [-0.4, -0.2) is 84.3 Å². The van der Waals surface area contributed by atoms with Gasteiger partial charge in [-0.25, -0.2) is 0 Å². The fraction of sp³-hybridized carbons (Fsp3) is 0.973. The molecule has 0 bridgehead atoms. The highest BCUT2D eigenvalue weighted by atomic mass is 16.1. The number of carbonyl (C=O) groups excluding carboxylic acids is 1. The highest BCUT2D eigenvalue weighted by molar-refractivity contribution is 5.82. The maximum Gasteiger partial charge on any atom is 0.138 e. The quantitative estimate of drug-likeness (QED) is 0.0652. The van der Waals surface area contributed by atoms with E-state index in [2.05, 4.69) is 115 Å². The van der Waals surface area contributed by atoms with Gasteiger partial charge in [-0.15, -0.1) is 0 Å². The third kappa shape index (κ3) is 17.9. The molecule has 0 fully saturated rings. The number of rotatable bonds is 28. The number of hydrogen-bond donors (Lipinski definition) is 6. The normalized spacial score (nSPS) is 19.3. The first-order chi connectivity index (χ1) is 20.8. The van der Waals surface area contributed by atoms with Crippen molar-refractivity contribution in [3.8, 4) is 0 Å². The molecule has 6 N–H and O–H groups in total. The molecule has 0 amide bonds. The Bertz CT molecular complexity index is 647. The van der Waals surface area contributed by atoms with Gasteiger partial charge in [-0.2, -0.15) is 0 Å². The van der Waals surface area contributed by atoms with Gasteiger partial charge in [-0.1, -0.05) is 41.5 Å². The summed E-state index contributed by atoms with van der Waals surface area (Å²) in [6.07, 6.45) is 11.2. The summed E-state index contributed by atoms with van der Waals surface area (Å²) >= 11 is 0. The molecule has 0 radical (unpaired) electrons. The molecule has 0 spiro atoms. The van der Waals surface area contributed by atoms with E-state index in [1.807, 2.05) is 14.1 Å². The first kappa shape index (κ1) is 43.4. The fourth-order valence-electron chi connectivity index (χ4n) is 7.09. The minimum Gasteiger partial charge on any atom is -0.317 e. The molecule has 0 heterocycles. The minimum atomic E-state index is 0.0701. The minimum absolute atomic E-state index is 0.0701. The van der Waals surface area contributed by atoms with Crippen molar-refractivity contribution in [2.24, 2.45) is 35.5 Å². The van der Waals surface area contributed by atoms with Crippen LogP contribution in [0.5, 0.6) is 0 Å². The average molecular weight is 625 g/mol. The van der Waals surface area contributed by atoms with Crippen LogP contribution in [0.3, 0.4) is 0 Å². The molecular formula is C37H80N6O. The molecule has 0 saturated carbocycles. The molecule has 0 saturated heterocycles. The number of nitrogens with one attached hydrogen (secondary N) is 6. The smallest absolute Gasteiger partial charge is 0.138 e. The van der Waals surface area contributed by atoms with E-state index >= 15 is 0 Å². The zero-order valence-electron chi connectivity index (χ0n) is 31.9. The molecule has 0 aromatic heterocycles. The zero-order chi connectivity index (χ0) is 33.8. The first-order valence-electron chi connectivity index (χ1n) is 18.3. The standard InChI is InChI=1S/C37H80N6O/c1-25(2)31(15-17-33(40-11)21-29(7)38-9)23-35(42-13)19-27(5)37(44)28(6)20-36(43-14)24-32(26(3)4)16-18-34(41-12)22-30(8)39-10/h25-36,38-43H,15-24H2,1-14H3. The molecule has 0 aromatic carbocycles. The van der Waals surface area contributed by atoms with Crippen LogP contribution in [-0.2, 0) is 4.79 Å². The third-order valence-corrected chi connectivity index (χ3v) is 11.0. The van der Waals surface area contributed by atoms with E-state index < -0.39 is 0 Å². The number of Topliss-reactive ketones (excluding diaryl/α,β-unsaturated/α-hetero) is 1. The Balaban J connectivity index is 5.13. The Morgan fingerprint density at radius 3 is 0.977 bits per heavy atom. The largest absolute Gasteiger partial charge is 0.317 e. The Morgan fingerprint density at radius 2 is 0.727 bits per heavy atom. The van der Waals surface area contributed by atoms with Gasteiger partial charge < -0.3 is 31.9 Å². The van der Waals surface area contributed by atoms with Gasteiger partial charge in [0.2, 0.25) is 0 Å². The monoisotopic (exact) mass is 625 g/mol. The van der Waals surface area contributed by atoms with Crippen molar-refractivity contribution in [3.63, 3.8) is 0 Å². The van der Waals surface area contributed by atoms with Gasteiger partial charge in [0.05, 0.1) is 0 Å². The number of ketones is 1. The summed E-state index contributed by atoms with van der Waals surface area (Å²) in [7, 11) is 12.4. The van der Waals surface area contributed by atoms with Crippen LogP contribution in [0, 0.1) is 35.5 Å². The molecular weight excluding hydrogens is 544 g/mol. The lowest BCUT2D eigenvalue weighted by molar-refractivity contribution is -0.126. The Morgan fingerprint density at radius 1 is 0.409 bits per heavy atom. The van der Waals surface area contributed by atoms with E-state index in [9.17, 15) is 4.79 Å². The SMILES string of the molecule is CNC(C)CC(CCC(CC(CC(C)C(=O)C(C)CC(CC(CCC(CC(C)NC)NC)C(C)C)NC)NC)C(C)C)NC. The van der Waals surface area contributed by atoms with E-state index in [1.165, 1.54) is 25.7 Å². The van der Waals surface area contributed by atoms with Gasteiger partial charge in [0, 0.05) is 48.1 Å². The highest BCUT2D eigenvalue weighted by Gasteiger charge is 2.28. The van der Waals surface area contributed by atoms with Gasteiger partial charge in [-0.05, 0) is 144 Å². The van der Waals surface area contributed by atoms with Crippen molar-refractivity contribution in [2.75, 3.05) is 42.3 Å². The summed E-state index contributed by atoms with van der Waals surface area (Å²) in [6.45, 7) is 18.3. The van der Waals surface area contributed by atoms with Crippen LogP contribution in [0.15, 0.2) is 0 Å². The molecule has 7 heteroatoms. The average Bonchev–Trinajstić information content (AvgIpc) is 3.00. The van der Waals surface area contributed by atoms with Crippen LogP contribution < -0.4 is 31.9 Å². The summed E-state index contributed by atoms with van der Waals surface area (Å²) in [5.41, 5.74) is 0. The molecule has 0 aliphatic rings. The number of hydrogen-bond acceptors (Lipinski definition) is 7. The van der Waals surface area contributed by atoms with E-state index in [0.29, 0.717) is 65.7 Å². The van der Waals surface area contributed by atoms with Crippen LogP contribution >= 0.6 is 0 Å². The van der Waals surface area contributed by atoms with Gasteiger partial charge in [0.25, 0.3) is 0 Å². The lowest BCUT2D eigenvalue weighted by atomic mass is 9.79. The Hall–Kier alpha value is -0.570. The lowest BCUT2D eigenvalue weighted by Crippen LogP contribution is -2.37. The van der Waals surface area contributed by atoms with Crippen LogP contribution in [0.4, 0.5) is 0 Å². The van der Waals surface area contributed by atoms with Crippen molar-refractivity contribution in [1.29, 1.82) is 0 Å². The molecule has 0 aliphatic carbocycles. The molecule has 7 nitrogen and oxygen atoms in total. The summed E-state index contributed by atoms with van der Waals surface area (Å²) in [4.78, 5) is 13.7. The van der Waals surface area contributed by atoms with Crippen molar-refractivity contribution < 1.29 is 4.79 Å². The van der Waals surface area contributed by atoms with Crippen molar-refractivity contribution in [1.82, 2.24) is 31.9 Å². The van der Waals surface area contributed by atoms with Crippen molar-refractivity contribution in [2.45, 2.75) is 156 Å². The van der Waals surface area contributed by atoms with Crippen LogP contribution in [0.25, 0.3) is 0 Å². The van der Waals surface area contributed by atoms with Gasteiger partial charge in [0.15, 0.2) is 0 Å². The van der Waals surface area contributed by atoms with Gasteiger partial charge in [0.1, 0.15) is 5.78 Å². The summed E-state index contributed by atoms with van der Waals surface area (Å²) in [6, 6.07) is 2.85. The predicted molar refractivity (Wildman–Crippen MR) is 195 cm³/mol. The number of carbonyl (C=O) groups is 1. The molecule has 264 valence electrons. The summed E-state index contributed by atoms with van der Waals surface area (Å²) in [5.74, 6) is 3.14. The molecule has 44 heavy (non-hydrogen) atoms. The molecule has 0 aliphatic heterocycles.